The van der Waals surface area contributed by atoms with Gasteiger partial charge in [0.1, 0.15) is 0 Å². The molecule has 0 aromatic heterocycles. The fraction of sp³-hybridized carbons (Fsp3) is 0.944. The van der Waals surface area contributed by atoms with E-state index in [-0.39, 0.29) is 18.5 Å². The van der Waals surface area contributed by atoms with Gasteiger partial charge in [0, 0.05) is 12.8 Å². The van der Waals surface area contributed by atoms with Crippen molar-refractivity contribution < 1.29 is 24.5 Å². The maximum atomic E-state index is 12.6. The van der Waals surface area contributed by atoms with E-state index in [0.29, 0.717) is 25.9 Å². The first-order valence-electron chi connectivity index (χ1n) is 35.9. The minimum Gasteiger partial charge on any atom is -0.466 e. The Morgan fingerprint density at radius 2 is 0.603 bits per heavy atom. The van der Waals surface area contributed by atoms with E-state index in [4.69, 9.17) is 4.74 Å². The van der Waals surface area contributed by atoms with Gasteiger partial charge in [0.2, 0.25) is 5.91 Å². The van der Waals surface area contributed by atoms with Crippen molar-refractivity contribution in [3.05, 3.63) is 12.2 Å². The number of allylic oxidation sites excluding steroid dienone is 2. The Balaban J connectivity index is 3.40. The number of aliphatic hydroxyl groups excluding tert-OH is 2. The molecule has 0 spiro atoms. The lowest BCUT2D eigenvalue weighted by atomic mass is 10.0. The molecule has 2 atom stereocenters. The van der Waals surface area contributed by atoms with E-state index in [9.17, 15) is 19.8 Å². The smallest absolute Gasteiger partial charge is 0.305 e. The number of carbonyl (C=O) groups is 2. The van der Waals surface area contributed by atoms with Gasteiger partial charge < -0.3 is 20.3 Å². The minimum absolute atomic E-state index is 0.0157. The van der Waals surface area contributed by atoms with Gasteiger partial charge in [-0.3, -0.25) is 9.59 Å². The van der Waals surface area contributed by atoms with Crippen LogP contribution in [0.2, 0.25) is 0 Å². The van der Waals surface area contributed by atoms with Gasteiger partial charge in [0.05, 0.1) is 25.4 Å². The van der Waals surface area contributed by atoms with Crippen molar-refractivity contribution in [2.24, 2.45) is 0 Å². The van der Waals surface area contributed by atoms with Crippen LogP contribution in [0, 0.1) is 0 Å². The average Bonchev–Trinajstić information content (AvgIpc) is 3.44. The van der Waals surface area contributed by atoms with Gasteiger partial charge in [0.15, 0.2) is 0 Å². The van der Waals surface area contributed by atoms with Gasteiger partial charge in [0.25, 0.3) is 0 Å². The molecular formula is C72H141NO5. The summed E-state index contributed by atoms with van der Waals surface area (Å²) in [6.07, 6.45) is 84.0. The third-order valence-corrected chi connectivity index (χ3v) is 17.1. The van der Waals surface area contributed by atoms with Gasteiger partial charge in [-0.1, -0.05) is 360 Å². The van der Waals surface area contributed by atoms with Crippen molar-refractivity contribution in [3.8, 4) is 0 Å². The highest BCUT2D eigenvalue weighted by molar-refractivity contribution is 5.76. The zero-order valence-electron chi connectivity index (χ0n) is 53.2. The van der Waals surface area contributed by atoms with Crippen LogP contribution in [0.15, 0.2) is 12.2 Å². The lowest BCUT2D eigenvalue weighted by Crippen LogP contribution is -2.45. The third kappa shape index (κ3) is 63.8. The molecule has 0 heterocycles. The first-order valence-corrected chi connectivity index (χ1v) is 35.9. The number of rotatable bonds is 68. The van der Waals surface area contributed by atoms with Crippen molar-refractivity contribution in [1.82, 2.24) is 5.32 Å². The Kier molecular flexibility index (Phi) is 66.9. The molecule has 0 aliphatic rings. The van der Waals surface area contributed by atoms with E-state index in [2.05, 4.69) is 31.3 Å². The maximum absolute atomic E-state index is 12.6. The number of ether oxygens (including phenoxy) is 1. The Morgan fingerprint density at radius 3 is 0.910 bits per heavy atom. The molecule has 0 saturated heterocycles. The molecule has 0 aromatic carbocycles. The summed E-state index contributed by atoms with van der Waals surface area (Å²) >= 11 is 0. The molecule has 6 nitrogen and oxygen atoms in total. The highest BCUT2D eigenvalue weighted by Gasteiger charge is 2.20. The number of esters is 1. The summed E-state index contributed by atoms with van der Waals surface area (Å²) < 4.78 is 5.50. The zero-order chi connectivity index (χ0) is 56.4. The first kappa shape index (κ1) is 76.6. The molecule has 6 heteroatoms. The quantitative estimate of drug-likeness (QED) is 0.0320. The fourth-order valence-electron chi connectivity index (χ4n) is 11.6. The van der Waals surface area contributed by atoms with Crippen LogP contribution >= 0.6 is 0 Å². The maximum Gasteiger partial charge on any atom is 0.305 e. The van der Waals surface area contributed by atoms with Crippen molar-refractivity contribution in [1.29, 1.82) is 0 Å². The zero-order valence-corrected chi connectivity index (χ0v) is 53.2. The summed E-state index contributed by atoms with van der Waals surface area (Å²) in [4.78, 5) is 24.6. The van der Waals surface area contributed by atoms with Crippen LogP contribution in [-0.2, 0) is 14.3 Å². The van der Waals surface area contributed by atoms with Crippen LogP contribution in [0.25, 0.3) is 0 Å². The number of hydrogen-bond acceptors (Lipinski definition) is 5. The third-order valence-electron chi connectivity index (χ3n) is 17.1. The Bertz CT molecular complexity index is 1180. The molecular weight excluding hydrogens is 959 g/mol. The van der Waals surface area contributed by atoms with Gasteiger partial charge in [-0.05, 0) is 51.4 Å². The van der Waals surface area contributed by atoms with Crippen molar-refractivity contribution in [3.63, 3.8) is 0 Å². The summed E-state index contributed by atoms with van der Waals surface area (Å²) in [5, 5.41) is 23.4. The van der Waals surface area contributed by atoms with Crippen LogP contribution in [0.5, 0.6) is 0 Å². The molecule has 0 fully saturated rings. The van der Waals surface area contributed by atoms with Crippen LogP contribution < -0.4 is 5.32 Å². The topological polar surface area (TPSA) is 95.9 Å². The molecule has 0 aliphatic heterocycles. The molecule has 78 heavy (non-hydrogen) atoms. The summed E-state index contributed by atoms with van der Waals surface area (Å²) in [5.41, 5.74) is 0. The molecule has 0 saturated carbocycles. The molecule has 0 aromatic rings. The van der Waals surface area contributed by atoms with Crippen LogP contribution in [0.1, 0.15) is 412 Å². The van der Waals surface area contributed by atoms with E-state index in [1.54, 1.807) is 0 Å². The van der Waals surface area contributed by atoms with Crippen molar-refractivity contribution >= 4 is 11.9 Å². The molecule has 464 valence electrons. The number of aliphatic hydroxyl groups is 2. The predicted molar refractivity (Wildman–Crippen MR) is 343 cm³/mol. The largest absolute Gasteiger partial charge is 0.466 e. The van der Waals surface area contributed by atoms with Crippen LogP contribution in [0.4, 0.5) is 0 Å². The SMILES string of the molecule is CCCCCCCCCCCCCCCCCCCCCCCCCC(O)C(CO)NC(=O)CCCCCCCCC/C=C\CCCCCCCCCCCCCCOC(=O)CCCCCCCCCCCCCCCCC. The fourth-order valence-corrected chi connectivity index (χ4v) is 11.6. The summed E-state index contributed by atoms with van der Waals surface area (Å²) in [7, 11) is 0. The van der Waals surface area contributed by atoms with Crippen LogP contribution in [0.3, 0.4) is 0 Å². The average molecular weight is 1100 g/mol. The van der Waals surface area contributed by atoms with E-state index in [1.807, 2.05) is 0 Å². The minimum atomic E-state index is -0.669. The van der Waals surface area contributed by atoms with Gasteiger partial charge in [-0.2, -0.15) is 0 Å². The van der Waals surface area contributed by atoms with Crippen LogP contribution in [-0.4, -0.2) is 47.4 Å². The summed E-state index contributed by atoms with van der Waals surface area (Å²) in [6, 6.07) is -0.547. The second kappa shape index (κ2) is 68.1. The molecule has 0 bridgehead atoms. The Hall–Kier alpha value is -1.40. The van der Waals surface area contributed by atoms with Gasteiger partial charge >= 0.3 is 5.97 Å². The number of nitrogens with one attached hydrogen (secondary N) is 1. The Morgan fingerprint density at radius 1 is 0.346 bits per heavy atom. The molecule has 1 amide bonds. The van der Waals surface area contributed by atoms with Gasteiger partial charge in [-0.15, -0.1) is 0 Å². The highest BCUT2D eigenvalue weighted by Crippen LogP contribution is 2.19. The highest BCUT2D eigenvalue weighted by atomic mass is 16.5. The second-order valence-corrected chi connectivity index (χ2v) is 24.9. The molecule has 2 unspecified atom stereocenters. The normalized spacial score (nSPS) is 12.5. The number of hydrogen-bond donors (Lipinski definition) is 3. The lowest BCUT2D eigenvalue weighted by Gasteiger charge is -2.22. The predicted octanol–water partition coefficient (Wildman–Crippen LogP) is 23.1. The van der Waals surface area contributed by atoms with Gasteiger partial charge in [-0.25, -0.2) is 0 Å². The van der Waals surface area contributed by atoms with Crippen molar-refractivity contribution in [2.75, 3.05) is 13.2 Å². The summed E-state index contributed by atoms with van der Waals surface area (Å²) in [6.45, 7) is 5.00. The molecule has 0 radical (unpaired) electrons. The van der Waals surface area contributed by atoms with E-state index in [1.165, 1.54) is 340 Å². The van der Waals surface area contributed by atoms with E-state index >= 15 is 0 Å². The number of carbonyl (C=O) groups excluding carboxylic acids is 2. The first-order chi connectivity index (χ1) is 38.5. The number of unbranched alkanes of at least 4 members (excludes halogenated alkanes) is 55. The molecule has 3 N–H and O–H groups in total. The Labute approximate surface area is 489 Å². The molecule has 0 aliphatic carbocycles. The standard InChI is InChI=1S/C72H141NO5/c1-3-5-7-9-11-13-15-17-19-20-21-22-24-27-30-33-37-40-44-48-52-56-60-64-70(75)69(68-74)73-71(76)65-61-57-53-49-45-41-38-34-31-28-25-23-26-29-32-35-39-43-47-51-55-59-63-67-78-72(77)66-62-58-54-50-46-42-36-18-16-14-12-10-8-6-4-2/h28,31,69-70,74-75H,3-27,29-30,32-68H2,1-2H3,(H,73,76)/b31-28-. The lowest BCUT2D eigenvalue weighted by molar-refractivity contribution is -0.143. The molecule has 0 rings (SSSR count). The van der Waals surface area contributed by atoms with E-state index < -0.39 is 12.1 Å². The monoisotopic (exact) mass is 1100 g/mol. The van der Waals surface area contributed by atoms with E-state index in [0.717, 1.165) is 38.5 Å². The second-order valence-electron chi connectivity index (χ2n) is 24.9. The summed E-state index contributed by atoms with van der Waals surface area (Å²) in [5.74, 6) is -0.0204. The number of amides is 1. The van der Waals surface area contributed by atoms with Crippen molar-refractivity contribution in [2.45, 2.75) is 424 Å².